The minimum absolute atomic E-state index is 0.386. The SMILES string of the molecule is CCCCC(CCCC)C(=NO)c1ccccc1. The number of unbranched alkanes of at least 4 members (excludes halogenated alkanes) is 2. The van der Waals surface area contributed by atoms with Crippen LogP contribution < -0.4 is 0 Å². The molecule has 0 saturated heterocycles. The van der Waals surface area contributed by atoms with Gasteiger partial charge in [-0.25, -0.2) is 0 Å². The fraction of sp³-hybridized carbons (Fsp3) is 0.562. The summed E-state index contributed by atoms with van der Waals surface area (Å²) >= 11 is 0. The van der Waals surface area contributed by atoms with Crippen molar-refractivity contribution in [3.05, 3.63) is 35.9 Å². The summed E-state index contributed by atoms with van der Waals surface area (Å²) < 4.78 is 0. The van der Waals surface area contributed by atoms with Gasteiger partial charge in [-0.1, -0.05) is 75.0 Å². The van der Waals surface area contributed by atoms with Crippen LogP contribution in [0, 0.1) is 5.92 Å². The first-order valence-electron chi connectivity index (χ1n) is 7.10. The number of hydrogen-bond acceptors (Lipinski definition) is 2. The Labute approximate surface area is 111 Å². The number of oxime groups is 1. The van der Waals surface area contributed by atoms with Crippen LogP contribution in [0.1, 0.15) is 57.9 Å². The molecule has 0 atom stereocenters. The second-order valence-corrected chi connectivity index (χ2v) is 4.83. The Balaban J connectivity index is 2.80. The molecule has 0 fully saturated rings. The number of rotatable bonds is 8. The van der Waals surface area contributed by atoms with Crippen molar-refractivity contribution >= 4 is 5.71 Å². The van der Waals surface area contributed by atoms with Gasteiger partial charge in [0, 0.05) is 5.92 Å². The highest BCUT2D eigenvalue weighted by Crippen LogP contribution is 2.22. The lowest BCUT2D eigenvalue weighted by Gasteiger charge is -2.18. The van der Waals surface area contributed by atoms with E-state index in [0.717, 1.165) is 24.1 Å². The second-order valence-electron chi connectivity index (χ2n) is 4.83. The summed E-state index contributed by atoms with van der Waals surface area (Å²) in [6, 6.07) is 10.0. The fourth-order valence-electron chi connectivity index (χ4n) is 2.30. The van der Waals surface area contributed by atoms with Crippen molar-refractivity contribution in [2.75, 3.05) is 0 Å². The summed E-state index contributed by atoms with van der Waals surface area (Å²) in [5.74, 6) is 0.386. The van der Waals surface area contributed by atoms with Gasteiger partial charge in [-0.05, 0) is 18.4 Å². The molecule has 0 saturated carbocycles. The Morgan fingerprint density at radius 1 is 1.06 bits per heavy atom. The van der Waals surface area contributed by atoms with E-state index in [2.05, 4.69) is 19.0 Å². The molecule has 100 valence electrons. The average molecular weight is 247 g/mol. The maximum Gasteiger partial charge on any atom is 0.0898 e. The topological polar surface area (TPSA) is 32.6 Å². The monoisotopic (exact) mass is 247 g/mol. The van der Waals surface area contributed by atoms with E-state index in [0.29, 0.717) is 5.92 Å². The quantitative estimate of drug-likeness (QED) is 0.397. The van der Waals surface area contributed by atoms with Crippen molar-refractivity contribution in [3.63, 3.8) is 0 Å². The normalized spacial score (nSPS) is 12.1. The first-order valence-corrected chi connectivity index (χ1v) is 7.10. The predicted octanol–water partition coefficient (Wildman–Crippen LogP) is 4.86. The standard InChI is InChI=1S/C16H25NO/c1-3-5-10-14(11-6-4-2)16(17-18)15-12-8-7-9-13-15/h7-9,12-14,18H,3-6,10-11H2,1-2H3. The molecule has 0 radical (unpaired) electrons. The average Bonchev–Trinajstić information content (AvgIpc) is 2.43. The number of nitrogens with zero attached hydrogens (tertiary/aromatic N) is 1. The molecular formula is C16H25NO. The highest BCUT2D eigenvalue weighted by Gasteiger charge is 2.17. The zero-order valence-corrected chi connectivity index (χ0v) is 11.6. The Kier molecular flexibility index (Phi) is 7.16. The van der Waals surface area contributed by atoms with Crippen molar-refractivity contribution in [2.24, 2.45) is 11.1 Å². The Morgan fingerprint density at radius 2 is 1.61 bits per heavy atom. The molecule has 0 aliphatic carbocycles. The van der Waals surface area contributed by atoms with Gasteiger partial charge in [-0.15, -0.1) is 0 Å². The van der Waals surface area contributed by atoms with E-state index in [4.69, 9.17) is 0 Å². The van der Waals surface area contributed by atoms with E-state index < -0.39 is 0 Å². The highest BCUT2D eigenvalue weighted by molar-refractivity contribution is 6.01. The largest absolute Gasteiger partial charge is 0.411 e. The number of benzene rings is 1. The first kappa shape index (κ1) is 14.7. The summed E-state index contributed by atoms with van der Waals surface area (Å²) in [4.78, 5) is 0. The maximum absolute atomic E-state index is 9.34. The van der Waals surface area contributed by atoms with Crippen LogP contribution in [0.5, 0.6) is 0 Å². The molecule has 2 nitrogen and oxygen atoms in total. The minimum Gasteiger partial charge on any atom is -0.411 e. The van der Waals surface area contributed by atoms with Gasteiger partial charge < -0.3 is 5.21 Å². The first-order chi connectivity index (χ1) is 8.83. The van der Waals surface area contributed by atoms with Crippen molar-refractivity contribution in [1.82, 2.24) is 0 Å². The van der Waals surface area contributed by atoms with Crippen LogP contribution in [0.15, 0.2) is 35.5 Å². The highest BCUT2D eigenvalue weighted by atomic mass is 16.4. The van der Waals surface area contributed by atoms with Crippen molar-refractivity contribution in [2.45, 2.75) is 52.4 Å². The maximum atomic E-state index is 9.34. The van der Waals surface area contributed by atoms with Crippen LogP contribution >= 0.6 is 0 Å². The van der Waals surface area contributed by atoms with Gasteiger partial charge >= 0.3 is 0 Å². The third kappa shape index (κ3) is 4.52. The minimum atomic E-state index is 0.386. The third-order valence-corrected chi connectivity index (χ3v) is 3.38. The smallest absolute Gasteiger partial charge is 0.0898 e. The van der Waals surface area contributed by atoms with E-state index in [1.807, 2.05) is 30.3 Å². The van der Waals surface area contributed by atoms with Crippen LogP contribution in [-0.4, -0.2) is 10.9 Å². The third-order valence-electron chi connectivity index (χ3n) is 3.38. The molecule has 1 N–H and O–H groups in total. The molecule has 0 unspecified atom stereocenters. The molecule has 0 aromatic heterocycles. The molecule has 0 bridgehead atoms. The van der Waals surface area contributed by atoms with E-state index in [9.17, 15) is 5.21 Å². The molecule has 0 spiro atoms. The fourth-order valence-corrected chi connectivity index (χ4v) is 2.30. The lowest BCUT2D eigenvalue weighted by Crippen LogP contribution is -2.16. The van der Waals surface area contributed by atoms with Crippen LogP contribution in [0.25, 0.3) is 0 Å². The molecule has 1 aromatic rings. The predicted molar refractivity (Wildman–Crippen MR) is 77.3 cm³/mol. The van der Waals surface area contributed by atoms with Crippen LogP contribution in [-0.2, 0) is 0 Å². The van der Waals surface area contributed by atoms with Gasteiger partial charge in [-0.3, -0.25) is 0 Å². The molecule has 1 rings (SSSR count). The molecule has 18 heavy (non-hydrogen) atoms. The van der Waals surface area contributed by atoms with Gasteiger partial charge in [0.25, 0.3) is 0 Å². The molecule has 0 aliphatic rings. The zero-order valence-electron chi connectivity index (χ0n) is 11.6. The van der Waals surface area contributed by atoms with Gasteiger partial charge in [0.05, 0.1) is 5.71 Å². The van der Waals surface area contributed by atoms with Gasteiger partial charge in [0.2, 0.25) is 0 Å². The van der Waals surface area contributed by atoms with Crippen LogP contribution in [0.4, 0.5) is 0 Å². The summed E-state index contributed by atoms with van der Waals surface area (Å²) in [5, 5.41) is 12.9. The lowest BCUT2D eigenvalue weighted by atomic mass is 9.88. The molecule has 0 heterocycles. The Hall–Kier alpha value is -1.31. The van der Waals surface area contributed by atoms with E-state index in [-0.39, 0.29) is 0 Å². The summed E-state index contributed by atoms with van der Waals surface area (Å²) in [6.07, 6.45) is 7.00. The molecule has 1 aromatic carbocycles. The molecule has 0 aliphatic heterocycles. The molecule has 0 amide bonds. The van der Waals surface area contributed by atoms with Gasteiger partial charge in [0.15, 0.2) is 0 Å². The van der Waals surface area contributed by atoms with Gasteiger partial charge in [0.1, 0.15) is 0 Å². The number of hydrogen-bond donors (Lipinski definition) is 1. The van der Waals surface area contributed by atoms with E-state index in [1.54, 1.807) is 0 Å². The lowest BCUT2D eigenvalue weighted by molar-refractivity contribution is 0.313. The van der Waals surface area contributed by atoms with E-state index in [1.165, 1.54) is 25.7 Å². The summed E-state index contributed by atoms with van der Waals surface area (Å²) in [5.41, 5.74) is 1.91. The Bertz CT molecular complexity index is 337. The zero-order chi connectivity index (χ0) is 13.2. The Morgan fingerprint density at radius 3 is 2.06 bits per heavy atom. The van der Waals surface area contributed by atoms with E-state index >= 15 is 0 Å². The summed E-state index contributed by atoms with van der Waals surface area (Å²) in [7, 11) is 0. The summed E-state index contributed by atoms with van der Waals surface area (Å²) in [6.45, 7) is 4.41. The second kappa shape index (κ2) is 8.73. The van der Waals surface area contributed by atoms with Crippen LogP contribution in [0.2, 0.25) is 0 Å². The molecular weight excluding hydrogens is 222 g/mol. The van der Waals surface area contributed by atoms with Crippen LogP contribution in [0.3, 0.4) is 0 Å². The molecule has 2 heteroatoms. The van der Waals surface area contributed by atoms with Gasteiger partial charge in [-0.2, -0.15) is 0 Å². The van der Waals surface area contributed by atoms with Crippen molar-refractivity contribution < 1.29 is 5.21 Å². The van der Waals surface area contributed by atoms with Crippen molar-refractivity contribution in [1.29, 1.82) is 0 Å². The van der Waals surface area contributed by atoms with Crippen molar-refractivity contribution in [3.8, 4) is 0 Å².